The summed E-state index contributed by atoms with van der Waals surface area (Å²) in [6.45, 7) is 5.16. The van der Waals surface area contributed by atoms with Gasteiger partial charge in [-0.05, 0) is 32.9 Å². The number of carbonyl (C=O) groups is 2. The summed E-state index contributed by atoms with van der Waals surface area (Å²) >= 11 is 6.06. The van der Waals surface area contributed by atoms with Gasteiger partial charge in [-0.3, -0.25) is 15.0 Å². The fraction of sp³-hybridized carbons (Fsp3) is 0.333. The molecule has 1 aromatic heterocycles. The number of benzene rings is 1. The molecule has 1 N–H and O–H groups in total. The first-order valence-corrected chi connectivity index (χ1v) is 10.3. The van der Waals surface area contributed by atoms with Crippen molar-refractivity contribution in [3.05, 3.63) is 46.5 Å². The summed E-state index contributed by atoms with van der Waals surface area (Å²) in [4.78, 5) is 35.1. The maximum atomic E-state index is 14.8. The van der Waals surface area contributed by atoms with Gasteiger partial charge >= 0.3 is 6.09 Å². The largest absolute Gasteiger partial charge is 0.452 e. The fourth-order valence-electron chi connectivity index (χ4n) is 3.76. The standard InChI is InChI=1S/C21H21BClFN4O4/c1-20(2,3)32-19(30)26-18-27-21(9-15(29)28(18)4)11-7-10(22)5-6-13(11)31-16-12(21)8-14(23)25-17(16)24/h5-8H,9,22H2,1-4H3,(H,26,27,30). The molecule has 8 nitrogen and oxygen atoms in total. The lowest BCUT2D eigenvalue weighted by atomic mass is 9.75. The van der Waals surface area contributed by atoms with Gasteiger partial charge in [-0.15, -0.1) is 0 Å². The number of carbonyl (C=O) groups excluding carboxylic acids is 2. The number of pyridine rings is 1. The first kappa shape index (κ1) is 22.1. The summed E-state index contributed by atoms with van der Waals surface area (Å²) in [6.07, 6.45) is -0.904. The smallest absolute Gasteiger partial charge is 0.414 e. The number of hydrogen-bond acceptors (Lipinski definition) is 6. The zero-order valence-corrected chi connectivity index (χ0v) is 19.0. The normalized spacial score (nSPS) is 19.6. The number of aromatic nitrogens is 1. The summed E-state index contributed by atoms with van der Waals surface area (Å²) in [5.74, 6) is -1.13. The van der Waals surface area contributed by atoms with Gasteiger partial charge in [0.1, 0.15) is 29.9 Å². The third-order valence-electron chi connectivity index (χ3n) is 5.15. The molecule has 0 saturated carbocycles. The highest BCUT2D eigenvalue weighted by atomic mass is 35.5. The van der Waals surface area contributed by atoms with Crippen molar-refractivity contribution in [2.45, 2.75) is 38.3 Å². The number of hydrogen-bond donors (Lipinski definition) is 1. The molecule has 1 aromatic carbocycles. The third kappa shape index (κ3) is 3.79. The van der Waals surface area contributed by atoms with Crippen molar-refractivity contribution in [3.63, 3.8) is 0 Å². The van der Waals surface area contributed by atoms with Crippen molar-refractivity contribution >= 4 is 42.9 Å². The van der Waals surface area contributed by atoms with Crippen LogP contribution < -0.4 is 15.5 Å². The fourth-order valence-corrected chi connectivity index (χ4v) is 3.94. The number of amides is 2. The van der Waals surface area contributed by atoms with Crippen LogP contribution in [-0.4, -0.2) is 48.3 Å². The Kier molecular flexibility index (Phi) is 5.16. The molecule has 166 valence electrons. The van der Waals surface area contributed by atoms with Gasteiger partial charge in [0, 0.05) is 18.2 Å². The van der Waals surface area contributed by atoms with E-state index in [-0.39, 0.29) is 34.8 Å². The van der Waals surface area contributed by atoms with Crippen molar-refractivity contribution in [3.8, 4) is 11.5 Å². The number of alkyl carbamates (subject to hydrolysis) is 1. The molecule has 3 heterocycles. The van der Waals surface area contributed by atoms with E-state index in [9.17, 15) is 14.0 Å². The van der Waals surface area contributed by atoms with Crippen LogP contribution in [0.4, 0.5) is 9.18 Å². The van der Waals surface area contributed by atoms with Crippen molar-refractivity contribution in [1.82, 2.24) is 15.2 Å². The second kappa shape index (κ2) is 7.48. The van der Waals surface area contributed by atoms with Crippen molar-refractivity contribution < 1.29 is 23.5 Å². The molecule has 2 aliphatic rings. The number of guanidine groups is 1. The zero-order chi connectivity index (χ0) is 23.4. The maximum absolute atomic E-state index is 14.8. The molecule has 2 amide bonds. The maximum Gasteiger partial charge on any atom is 0.414 e. The number of nitrogens with zero attached hydrogens (tertiary/aromatic N) is 3. The van der Waals surface area contributed by atoms with Gasteiger partial charge in [0.2, 0.25) is 11.9 Å². The van der Waals surface area contributed by atoms with Gasteiger partial charge in [-0.2, -0.15) is 4.39 Å². The Bertz CT molecular complexity index is 1180. The lowest BCUT2D eigenvalue weighted by molar-refractivity contribution is -0.128. The molecule has 4 rings (SSSR count). The summed E-state index contributed by atoms with van der Waals surface area (Å²) in [5, 5.41) is 2.44. The minimum Gasteiger partial charge on any atom is -0.452 e. The Morgan fingerprint density at radius 1 is 1.34 bits per heavy atom. The minimum atomic E-state index is -1.38. The number of fused-ring (bicyclic) bond motifs is 4. The number of ether oxygens (including phenoxy) is 2. The third-order valence-corrected chi connectivity index (χ3v) is 5.34. The van der Waals surface area contributed by atoms with E-state index in [0.717, 1.165) is 5.46 Å². The van der Waals surface area contributed by atoms with Crippen LogP contribution in [0, 0.1) is 5.95 Å². The predicted molar refractivity (Wildman–Crippen MR) is 119 cm³/mol. The molecular weight excluding hydrogens is 438 g/mol. The Morgan fingerprint density at radius 2 is 2.06 bits per heavy atom. The molecule has 1 unspecified atom stereocenters. The first-order valence-electron chi connectivity index (χ1n) is 9.91. The summed E-state index contributed by atoms with van der Waals surface area (Å²) in [7, 11) is 3.37. The highest BCUT2D eigenvalue weighted by Gasteiger charge is 2.49. The second-order valence-electron chi connectivity index (χ2n) is 8.77. The van der Waals surface area contributed by atoms with E-state index in [1.807, 2.05) is 13.9 Å². The monoisotopic (exact) mass is 458 g/mol. The highest BCUT2D eigenvalue weighted by molar-refractivity contribution is 6.32. The molecule has 11 heteroatoms. The molecule has 1 spiro atoms. The van der Waals surface area contributed by atoms with Crippen LogP contribution in [0.15, 0.2) is 29.3 Å². The first-order chi connectivity index (χ1) is 14.9. The Morgan fingerprint density at radius 3 is 2.75 bits per heavy atom. The number of rotatable bonds is 0. The van der Waals surface area contributed by atoms with E-state index in [1.54, 1.807) is 32.9 Å². The Labute approximate surface area is 190 Å². The summed E-state index contributed by atoms with van der Waals surface area (Å²) in [5.41, 5.74) is -0.443. The Balaban J connectivity index is 1.94. The van der Waals surface area contributed by atoms with Crippen LogP contribution in [0.5, 0.6) is 11.5 Å². The number of aliphatic imine (C=N–C) groups is 1. The van der Waals surface area contributed by atoms with E-state index in [0.29, 0.717) is 11.3 Å². The van der Waals surface area contributed by atoms with E-state index in [2.05, 4.69) is 10.3 Å². The SMILES string of the molecule is Bc1ccc2c(c1)C1(CC(=O)N(C)C(NC(=O)OC(C)(C)C)=N1)c1cc(Cl)nc(F)c1O2. The van der Waals surface area contributed by atoms with Crippen LogP contribution in [0.3, 0.4) is 0 Å². The highest BCUT2D eigenvalue weighted by Crippen LogP contribution is 2.52. The molecule has 0 bridgehead atoms. The molecular formula is C21H21BClFN4O4. The van der Waals surface area contributed by atoms with Crippen molar-refractivity contribution in [2.75, 3.05) is 7.05 Å². The van der Waals surface area contributed by atoms with Crippen LogP contribution in [0.25, 0.3) is 0 Å². The van der Waals surface area contributed by atoms with Gasteiger partial charge in [0.15, 0.2) is 5.75 Å². The van der Waals surface area contributed by atoms with Gasteiger partial charge in [-0.1, -0.05) is 29.2 Å². The zero-order valence-electron chi connectivity index (χ0n) is 18.2. The minimum absolute atomic E-state index is 0.0378. The van der Waals surface area contributed by atoms with E-state index >= 15 is 0 Å². The Hall–Kier alpha value is -3.14. The van der Waals surface area contributed by atoms with Gasteiger partial charge in [-0.25, -0.2) is 14.8 Å². The summed E-state index contributed by atoms with van der Waals surface area (Å²) < 4.78 is 25.9. The van der Waals surface area contributed by atoms with Crippen LogP contribution >= 0.6 is 11.6 Å². The molecule has 0 fully saturated rings. The van der Waals surface area contributed by atoms with E-state index in [1.165, 1.54) is 18.0 Å². The van der Waals surface area contributed by atoms with Crippen molar-refractivity contribution in [1.29, 1.82) is 0 Å². The van der Waals surface area contributed by atoms with Crippen LogP contribution in [0.1, 0.15) is 38.3 Å². The molecule has 0 saturated heterocycles. The average Bonchev–Trinajstić information content (AvgIpc) is 2.66. The molecule has 1 atom stereocenters. The molecule has 2 aliphatic heterocycles. The molecule has 0 aliphatic carbocycles. The quantitative estimate of drug-likeness (QED) is 0.483. The molecule has 32 heavy (non-hydrogen) atoms. The number of nitrogens with one attached hydrogen (secondary N) is 1. The summed E-state index contributed by atoms with van der Waals surface area (Å²) in [6, 6.07) is 6.73. The lowest BCUT2D eigenvalue weighted by Gasteiger charge is -2.41. The number of halogens is 2. The van der Waals surface area contributed by atoms with Gasteiger partial charge in [0.25, 0.3) is 5.95 Å². The van der Waals surface area contributed by atoms with Gasteiger partial charge in [0.05, 0.1) is 6.42 Å². The van der Waals surface area contributed by atoms with E-state index < -0.39 is 23.2 Å². The van der Waals surface area contributed by atoms with Crippen LogP contribution in [0.2, 0.25) is 5.15 Å². The second-order valence-corrected chi connectivity index (χ2v) is 9.15. The average molecular weight is 459 g/mol. The predicted octanol–water partition coefficient (Wildman–Crippen LogP) is 2.22. The van der Waals surface area contributed by atoms with Gasteiger partial charge < -0.3 is 9.47 Å². The molecule has 0 radical (unpaired) electrons. The van der Waals surface area contributed by atoms with Crippen LogP contribution in [-0.2, 0) is 15.1 Å². The lowest BCUT2D eigenvalue weighted by Crippen LogP contribution is -2.53. The molecule has 2 aromatic rings. The van der Waals surface area contributed by atoms with E-state index in [4.69, 9.17) is 26.1 Å². The topological polar surface area (TPSA) is 93.1 Å². The van der Waals surface area contributed by atoms with Crippen molar-refractivity contribution in [2.24, 2.45) is 4.99 Å².